The van der Waals surface area contributed by atoms with Gasteiger partial charge < -0.3 is 14.9 Å². The molecule has 0 radical (unpaired) electrons. The minimum absolute atomic E-state index is 0.0807. The number of fused-ring (bicyclic) bond motifs is 2. The van der Waals surface area contributed by atoms with E-state index in [0.29, 0.717) is 19.3 Å². The second-order valence-corrected chi connectivity index (χ2v) is 9.72. The molecule has 2 heterocycles. The van der Waals surface area contributed by atoms with Gasteiger partial charge in [0.05, 0.1) is 5.57 Å². The van der Waals surface area contributed by atoms with E-state index in [9.17, 15) is 19.5 Å². The van der Waals surface area contributed by atoms with Crippen molar-refractivity contribution in [2.45, 2.75) is 96.6 Å². The summed E-state index contributed by atoms with van der Waals surface area (Å²) in [6.07, 6.45) is 22.4. The summed E-state index contributed by atoms with van der Waals surface area (Å²) in [7, 11) is 0. The Morgan fingerprint density at radius 2 is 1.79 bits per heavy atom. The number of hydrogen-bond acceptors (Lipinski definition) is 4. The van der Waals surface area contributed by atoms with Gasteiger partial charge in [-0.1, -0.05) is 51.7 Å². The first-order chi connectivity index (χ1) is 16.0. The van der Waals surface area contributed by atoms with Crippen LogP contribution in [-0.2, 0) is 14.4 Å². The van der Waals surface area contributed by atoms with Gasteiger partial charge in [-0.2, -0.15) is 0 Å². The fourth-order valence-electron chi connectivity index (χ4n) is 5.17. The van der Waals surface area contributed by atoms with Crippen LogP contribution in [0.1, 0.15) is 90.9 Å². The zero-order chi connectivity index (χ0) is 24.1. The molecule has 1 saturated carbocycles. The molecular weight excluding hydrogens is 416 g/mol. The third-order valence-corrected chi connectivity index (χ3v) is 7.20. The normalized spacial score (nSPS) is 27.3. The molecule has 3 atom stereocenters. The van der Waals surface area contributed by atoms with Crippen LogP contribution in [-0.4, -0.2) is 58.9 Å². The minimum atomic E-state index is -1.16. The summed E-state index contributed by atoms with van der Waals surface area (Å²) >= 11 is 0. The topological polar surface area (TPSA) is 77.9 Å². The molecule has 0 spiro atoms. The molecule has 33 heavy (non-hydrogen) atoms. The third kappa shape index (κ3) is 8.09. The Labute approximate surface area is 200 Å². The van der Waals surface area contributed by atoms with Gasteiger partial charge in [-0.3, -0.25) is 14.4 Å². The molecule has 1 N–H and O–H groups in total. The third-order valence-electron chi connectivity index (χ3n) is 7.20. The summed E-state index contributed by atoms with van der Waals surface area (Å²) in [5.41, 5.74) is -1.08. The van der Waals surface area contributed by atoms with Gasteiger partial charge in [0.15, 0.2) is 12.0 Å². The molecule has 2 fully saturated rings. The molecule has 0 bridgehead atoms. The Kier molecular flexibility index (Phi) is 11.9. The molecule has 0 aromatic heterocycles. The van der Waals surface area contributed by atoms with Crippen LogP contribution >= 0.6 is 0 Å². The van der Waals surface area contributed by atoms with Gasteiger partial charge in [0.1, 0.15) is 0 Å². The molecule has 186 valence electrons. The van der Waals surface area contributed by atoms with E-state index in [1.54, 1.807) is 0 Å². The van der Waals surface area contributed by atoms with Crippen molar-refractivity contribution in [1.82, 2.24) is 9.80 Å². The molecule has 4 rings (SSSR count). The van der Waals surface area contributed by atoms with E-state index in [-0.39, 0.29) is 11.5 Å². The minimum Gasteiger partial charge on any atom is -0.367 e. The second-order valence-electron chi connectivity index (χ2n) is 9.72. The smallest absolute Gasteiger partial charge is 0.259 e. The van der Waals surface area contributed by atoms with Crippen molar-refractivity contribution in [2.24, 2.45) is 11.8 Å². The van der Waals surface area contributed by atoms with E-state index < -0.39 is 5.72 Å². The maximum absolute atomic E-state index is 11.3. The van der Waals surface area contributed by atoms with Gasteiger partial charge >= 0.3 is 0 Å². The Morgan fingerprint density at radius 1 is 1.09 bits per heavy atom. The Balaban J connectivity index is 0.000000176. The van der Waals surface area contributed by atoms with Crippen LogP contribution in [0.2, 0.25) is 0 Å². The highest BCUT2D eigenvalue weighted by Crippen LogP contribution is 2.36. The number of carbonyl (C=O) groups excluding carboxylic acids is 3. The molecule has 1 unspecified atom stereocenters. The monoisotopic (exact) mass is 460 g/mol. The highest BCUT2D eigenvalue weighted by Gasteiger charge is 2.46. The number of rotatable bonds is 8. The first kappa shape index (κ1) is 27.3. The van der Waals surface area contributed by atoms with Crippen LogP contribution < -0.4 is 0 Å². The van der Waals surface area contributed by atoms with Crippen LogP contribution in [0.15, 0.2) is 23.8 Å². The summed E-state index contributed by atoms with van der Waals surface area (Å²) in [4.78, 5) is 35.3. The molecule has 2 aliphatic carbocycles. The first-order valence-corrected chi connectivity index (χ1v) is 13.1. The zero-order valence-corrected chi connectivity index (χ0v) is 20.7. The van der Waals surface area contributed by atoms with Crippen molar-refractivity contribution >= 4 is 18.6 Å². The van der Waals surface area contributed by atoms with Gasteiger partial charge in [-0.25, -0.2) is 0 Å². The number of aliphatic hydroxyl groups is 1. The zero-order valence-electron chi connectivity index (χ0n) is 20.7. The predicted octanol–water partition coefficient (Wildman–Crippen LogP) is 4.62. The van der Waals surface area contributed by atoms with Gasteiger partial charge in [0.25, 0.3) is 5.91 Å². The summed E-state index contributed by atoms with van der Waals surface area (Å²) in [5.74, 6) is 1.70. The predicted molar refractivity (Wildman–Crippen MR) is 131 cm³/mol. The Hall–Kier alpha value is -1.95. The number of carbonyl (C=O) groups is 3. The van der Waals surface area contributed by atoms with Gasteiger partial charge in [0, 0.05) is 26.1 Å². The highest BCUT2D eigenvalue weighted by molar-refractivity contribution is 6.13. The molecule has 0 aromatic carbocycles. The largest absolute Gasteiger partial charge is 0.367 e. The molecule has 2 aliphatic heterocycles. The Morgan fingerprint density at radius 3 is 2.36 bits per heavy atom. The SMILES string of the molecule is C1=C[C@H]2CCCCC2CC1.CCCCN(C=O)CCCC.O=CC1=C[C@]2(O)CCCN2C1=O. The molecule has 2 amide bonds. The molecule has 1 saturated heterocycles. The lowest BCUT2D eigenvalue weighted by molar-refractivity contribution is -0.137. The van der Waals surface area contributed by atoms with Gasteiger partial charge in [0.2, 0.25) is 6.41 Å². The van der Waals surface area contributed by atoms with E-state index in [1.807, 2.05) is 4.90 Å². The van der Waals surface area contributed by atoms with Crippen molar-refractivity contribution in [3.63, 3.8) is 0 Å². The van der Waals surface area contributed by atoms with Gasteiger partial charge in [-0.05, 0) is 62.9 Å². The van der Waals surface area contributed by atoms with Crippen molar-refractivity contribution in [3.8, 4) is 0 Å². The average molecular weight is 461 g/mol. The lowest BCUT2D eigenvalue weighted by Crippen LogP contribution is -2.40. The highest BCUT2D eigenvalue weighted by atomic mass is 16.3. The molecule has 0 aromatic rings. The quantitative estimate of drug-likeness (QED) is 0.326. The van der Waals surface area contributed by atoms with Crippen LogP contribution in [0.5, 0.6) is 0 Å². The lowest BCUT2D eigenvalue weighted by Gasteiger charge is -2.31. The average Bonchev–Trinajstić information content (AvgIpc) is 3.35. The van der Waals surface area contributed by atoms with E-state index >= 15 is 0 Å². The molecule has 6 heteroatoms. The molecule has 6 nitrogen and oxygen atoms in total. The fourth-order valence-corrected chi connectivity index (χ4v) is 5.17. The van der Waals surface area contributed by atoms with Gasteiger partial charge in [-0.15, -0.1) is 0 Å². The number of allylic oxidation sites excluding steroid dienone is 2. The summed E-state index contributed by atoms with van der Waals surface area (Å²) in [5, 5.41) is 9.77. The van der Waals surface area contributed by atoms with Crippen molar-refractivity contribution < 1.29 is 19.5 Å². The van der Waals surface area contributed by atoms with Crippen LogP contribution in [0, 0.1) is 11.8 Å². The van der Waals surface area contributed by atoms with Crippen molar-refractivity contribution in [2.75, 3.05) is 19.6 Å². The number of nitrogens with zero attached hydrogens (tertiary/aromatic N) is 2. The van der Waals surface area contributed by atoms with Crippen LogP contribution in [0.3, 0.4) is 0 Å². The van der Waals surface area contributed by atoms with E-state index in [2.05, 4.69) is 26.0 Å². The van der Waals surface area contributed by atoms with E-state index in [4.69, 9.17) is 0 Å². The molecule has 4 aliphatic rings. The number of hydrogen-bond donors (Lipinski definition) is 1. The van der Waals surface area contributed by atoms with Crippen LogP contribution in [0.4, 0.5) is 0 Å². The summed E-state index contributed by atoms with van der Waals surface area (Å²) in [6.45, 7) is 6.69. The number of amides is 2. The summed E-state index contributed by atoms with van der Waals surface area (Å²) < 4.78 is 0. The number of aldehydes is 1. The fraction of sp³-hybridized carbons (Fsp3) is 0.741. The van der Waals surface area contributed by atoms with E-state index in [1.165, 1.54) is 49.5 Å². The lowest BCUT2D eigenvalue weighted by atomic mass is 9.74. The maximum atomic E-state index is 11.3. The molecular formula is C27H44N2O4. The van der Waals surface area contributed by atoms with Crippen LogP contribution in [0.25, 0.3) is 0 Å². The Bertz CT molecular complexity index is 682. The maximum Gasteiger partial charge on any atom is 0.259 e. The standard InChI is InChI=1S/C10H16.C9H19NO.C8H9NO3/c1-2-6-10-8-4-3-7-9(10)5-1;1-3-5-7-10(9-11)8-6-4-2;10-5-6-4-8(12)2-1-3-9(8)7(6)11/h1,5,9-10H,2-4,6-8H2;9H,3-8H2,1-2H3;4-5,12H,1-3H2/t9-,10?;;8-/m0.1/s1. The van der Waals surface area contributed by atoms with Crippen molar-refractivity contribution in [1.29, 1.82) is 0 Å². The first-order valence-electron chi connectivity index (χ1n) is 13.1. The van der Waals surface area contributed by atoms with Crippen molar-refractivity contribution in [3.05, 3.63) is 23.8 Å². The second kappa shape index (κ2) is 14.3. The summed E-state index contributed by atoms with van der Waals surface area (Å²) in [6, 6.07) is 0. The van der Waals surface area contributed by atoms with E-state index in [0.717, 1.165) is 63.4 Å². The number of unbranched alkanes of at least 4 members (excludes halogenated alkanes) is 2.